The monoisotopic (exact) mass is 436 g/mol. The molecular weight excluding hydrogens is 407 g/mol. The number of anilines is 3. The van der Waals surface area contributed by atoms with Gasteiger partial charge < -0.3 is 24.7 Å². The molecule has 2 aromatic carbocycles. The van der Waals surface area contributed by atoms with Gasteiger partial charge in [-0.15, -0.1) is 0 Å². The quantitative estimate of drug-likeness (QED) is 0.563. The highest BCUT2D eigenvalue weighted by molar-refractivity contribution is 6.62. The first kappa shape index (κ1) is 22.4. The van der Waals surface area contributed by atoms with E-state index in [0.29, 0.717) is 22.6 Å². The molecule has 4 rings (SSSR count). The zero-order chi connectivity index (χ0) is 23.5. The van der Waals surface area contributed by atoms with Crippen LogP contribution in [0.25, 0.3) is 0 Å². The highest BCUT2D eigenvalue weighted by atomic mass is 16.7. The number of methoxy groups -OCH3 is 1. The topological polar surface area (TPSA) is 85.9 Å². The lowest BCUT2D eigenvalue weighted by molar-refractivity contribution is -0.146. The van der Waals surface area contributed by atoms with E-state index in [1.165, 1.54) is 7.11 Å². The molecule has 8 heteroatoms. The van der Waals surface area contributed by atoms with Crippen molar-refractivity contribution < 1.29 is 23.6 Å². The summed E-state index contributed by atoms with van der Waals surface area (Å²) in [5.41, 5.74) is 2.30. The van der Waals surface area contributed by atoms with Gasteiger partial charge in [0, 0.05) is 0 Å². The fourth-order valence-corrected chi connectivity index (χ4v) is 3.84. The second kappa shape index (κ2) is 7.35. The first-order valence-electron chi connectivity index (χ1n) is 10.7. The summed E-state index contributed by atoms with van der Waals surface area (Å²) in [6.45, 7) is 11.6. The Morgan fingerprint density at radius 3 is 2.22 bits per heavy atom. The van der Waals surface area contributed by atoms with Gasteiger partial charge in [-0.25, -0.2) is 0 Å². The molecule has 168 valence electrons. The molecule has 0 atom stereocenters. The van der Waals surface area contributed by atoms with Gasteiger partial charge in [-0.2, -0.15) is 0 Å². The number of esters is 1. The zero-order valence-corrected chi connectivity index (χ0v) is 19.6. The van der Waals surface area contributed by atoms with Gasteiger partial charge in [-0.3, -0.25) is 9.59 Å². The average molecular weight is 436 g/mol. The average Bonchev–Trinajstić information content (AvgIpc) is 2.86. The number of benzene rings is 2. The van der Waals surface area contributed by atoms with Crippen LogP contribution in [-0.2, 0) is 24.3 Å². The standard InChI is InChI=1S/C24H29BN2O5/c1-22(2,21(29)30-7)14-8-11-17-19(12-14)26-18-13-15(9-10-16(18)20(28)27-17)25-31-23(3,4)24(5,6)32-25/h8-13,26H,1-7H3,(H,27,28). The SMILES string of the molecule is COC(=O)C(C)(C)c1ccc2c(c1)Nc1cc(B3OC(C)(C)C(C)(C)O3)ccc1C(=O)N2. The highest BCUT2D eigenvalue weighted by Gasteiger charge is 2.51. The fraction of sp³-hybridized carbons (Fsp3) is 0.417. The van der Waals surface area contributed by atoms with Gasteiger partial charge in [-0.1, -0.05) is 12.1 Å². The Labute approximate surface area is 189 Å². The van der Waals surface area contributed by atoms with Crippen LogP contribution in [0.5, 0.6) is 0 Å². The predicted octanol–water partition coefficient (Wildman–Crippen LogP) is 3.75. The first-order chi connectivity index (χ1) is 14.9. The Hall–Kier alpha value is -2.84. The second-order valence-corrected chi connectivity index (χ2v) is 9.85. The van der Waals surface area contributed by atoms with Crippen molar-refractivity contribution in [2.75, 3.05) is 17.7 Å². The summed E-state index contributed by atoms with van der Waals surface area (Å²) in [4.78, 5) is 25.1. The van der Waals surface area contributed by atoms with Crippen LogP contribution >= 0.6 is 0 Å². The van der Waals surface area contributed by atoms with E-state index in [0.717, 1.165) is 11.0 Å². The molecule has 0 radical (unpaired) electrons. The van der Waals surface area contributed by atoms with E-state index in [2.05, 4.69) is 10.6 Å². The molecule has 0 aliphatic carbocycles. The Morgan fingerprint density at radius 2 is 1.59 bits per heavy atom. The van der Waals surface area contributed by atoms with E-state index >= 15 is 0 Å². The molecule has 2 aliphatic heterocycles. The molecule has 0 unspecified atom stereocenters. The van der Waals surface area contributed by atoms with Gasteiger partial charge in [0.15, 0.2) is 0 Å². The van der Waals surface area contributed by atoms with Crippen LogP contribution in [-0.4, -0.2) is 37.3 Å². The first-order valence-corrected chi connectivity index (χ1v) is 10.7. The molecule has 2 heterocycles. The van der Waals surface area contributed by atoms with Crippen LogP contribution in [0.2, 0.25) is 0 Å². The summed E-state index contributed by atoms with van der Waals surface area (Å²) in [5, 5.41) is 6.30. The molecule has 1 fully saturated rings. The maximum atomic E-state index is 12.9. The molecule has 0 spiro atoms. The van der Waals surface area contributed by atoms with Crippen molar-refractivity contribution in [1.82, 2.24) is 0 Å². The Morgan fingerprint density at radius 1 is 0.938 bits per heavy atom. The Balaban J connectivity index is 1.72. The number of hydrogen-bond acceptors (Lipinski definition) is 6. The number of hydrogen-bond donors (Lipinski definition) is 2. The fourth-order valence-electron chi connectivity index (χ4n) is 3.84. The minimum absolute atomic E-state index is 0.216. The van der Waals surface area contributed by atoms with Gasteiger partial charge in [0.2, 0.25) is 0 Å². The molecule has 0 saturated carbocycles. The van der Waals surface area contributed by atoms with Crippen molar-refractivity contribution in [1.29, 1.82) is 0 Å². The molecule has 0 aromatic heterocycles. The van der Waals surface area contributed by atoms with Crippen LogP contribution in [0.3, 0.4) is 0 Å². The maximum Gasteiger partial charge on any atom is 0.494 e. The number of ether oxygens (including phenoxy) is 1. The maximum absolute atomic E-state index is 12.9. The van der Waals surface area contributed by atoms with Gasteiger partial charge in [0.05, 0.1) is 46.4 Å². The summed E-state index contributed by atoms with van der Waals surface area (Å²) < 4.78 is 17.3. The third-order valence-corrected chi connectivity index (χ3v) is 6.77. The van der Waals surface area contributed by atoms with Crippen molar-refractivity contribution in [3.05, 3.63) is 47.5 Å². The summed E-state index contributed by atoms with van der Waals surface area (Å²) in [6.07, 6.45) is 0. The third-order valence-electron chi connectivity index (χ3n) is 6.77. The molecule has 7 nitrogen and oxygen atoms in total. The van der Waals surface area contributed by atoms with Crippen LogP contribution in [0.4, 0.5) is 17.1 Å². The molecule has 2 aromatic rings. The summed E-state index contributed by atoms with van der Waals surface area (Å²) in [6, 6.07) is 11.0. The summed E-state index contributed by atoms with van der Waals surface area (Å²) >= 11 is 0. The second-order valence-electron chi connectivity index (χ2n) is 9.85. The highest BCUT2D eigenvalue weighted by Crippen LogP contribution is 2.38. The molecule has 1 amide bonds. The van der Waals surface area contributed by atoms with E-state index in [1.54, 1.807) is 26.0 Å². The van der Waals surface area contributed by atoms with Crippen LogP contribution in [0.1, 0.15) is 57.5 Å². The summed E-state index contributed by atoms with van der Waals surface area (Å²) in [7, 11) is 0.835. The van der Waals surface area contributed by atoms with Gasteiger partial charge in [-0.05, 0) is 76.8 Å². The number of carbonyl (C=O) groups excluding carboxylic acids is 2. The van der Waals surface area contributed by atoms with Crippen molar-refractivity contribution >= 4 is 41.5 Å². The predicted molar refractivity (Wildman–Crippen MR) is 125 cm³/mol. The number of amides is 1. The minimum Gasteiger partial charge on any atom is -0.468 e. The summed E-state index contributed by atoms with van der Waals surface area (Å²) in [5.74, 6) is -0.551. The lowest BCUT2D eigenvalue weighted by Crippen LogP contribution is -2.41. The van der Waals surface area contributed by atoms with Crippen LogP contribution in [0, 0.1) is 0 Å². The zero-order valence-electron chi connectivity index (χ0n) is 19.6. The minimum atomic E-state index is -0.838. The lowest BCUT2D eigenvalue weighted by Gasteiger charge is -2.32. The molecule has 1 saturated heterocycles. The van der Waals surface area contributed by atoms with Crippen molar-refractivity contribution in [2.24, 2.45) is 0 Å². The number of rotatable bonds is 3. The number of carbonyl (C=O) groups is 2. The van der Waals surface area contributed by atoms with Gasteiger partial charge in [0.25, 0.3) is 5.91 Å². The molecule has 2 aliphatic rings. The Bertz CT molecular complexity index is 1090. The molecular formula is C24H29BN2O5. The Kier molecular flexibility index (Phi) is 5.14. The number of fused-ring (bicyclic) bond motifs is 2. The van der Waals surface area contributed by atoms with E-state index in [-0.39, 0.29) is 11.9 Å². The lowest BCUT2D eigenvalue weighted by atomic mass is 9.78. The largest absolute Gasteiger partial charge is 0.494 e. The van der Waals surface area contributed by atoms with Crippen molar-refractivity contribution in [2.45, 2.75) is 58.2 Å². The van der Waals surface area contributed by atoms with Crippen molar-refractivity contribution in [3.8, 4) is 0 Å². The van der Waals surface area contributed by atoms with Crippen LogP contribution < -0.4 is 16.1 Å². The van der Waals surface area contributed by atoms with Crippen LogP contribution in [0.15, 0.2) is 36.4 Å². The third kappa shape index (κ3) is 3.57. The molecule has 2 N–H and O–H groups in total. The van der Waals surface area contributed by atoms with E-state index < -0.39 is 23.7 Å². The van der Waals surface area contributed by atoms with Gasteiger partial charge in [0.1, 0.15) is 0 Å². The molecule has 0 bridgehead atoms. The van der Waals surface area contributed by atoms with Crippen molar-refractivity contribution in [3.63, 3.8) is 0 Å². The van der Waals surface area contributed by atoms with E-state index in [4.69, 9.17) is 14.0 Å². The normalized spacial score (nSPS) is 18.7. The van der Waals surface area contributed by atoms with E-state index in [9.17, 15) is 9.59 Å². The van der Waals surface area contributed by atoms with Gasteiger partial charge >= 0.3 is 13.1 Å². The molecule has 32 heavy (non-hydrogen) atoms. The smallest absolute Gasteiger partial charge is 0.468 e. The van der Waals surface area contributed by atoms with E-state index in [1.807, 2.05) is 52.0 Å². The number of nitrogens with one attached hydrogen (secondary N) is 2.